The molecule has 0 radical (unpaired) electrons. The molecule has 0 aliphatic rings. The van der Waals surface area contributed by atoms with E-state index in [1.165, 1.54) is 18.5 Å². The molecule has 4 nitrogen and oxygen atoms in total. The topological polar surface area (TPSA) is 49.8 Å². The van der Waals surface area contributed by atoms with E-state index in [4.69, 9.17) is 0 Å². The second kappa shape index (κ2) is 5.95. The van der Waals surface area contributed by atoms with Gasteiger partial charge in [-0.2, -0.15) is 0 Å². The largest absolute Gasteiger partial charge is 0.370 e. The van der Waals surface area contributed by atoms with Gasteiger partial charge in [-0.1, -0.05) is 12.1 Å². The van der Waals surface area contributed by atoms with Gasteiger partial charge < -0.3 is 10.6 Å². The van der Waals surface area contributed by atoms with Crippen LogP contribution in [0.5, 0.6) is 0 Å². The van der Waals surface area contributed by atoms with E-state index >= 15 is 0 Å². The summed E-state index contributed by atoms with van der Waals surface area (Å²) >= 11 is 0. The summed E-state index contributed by atoms with van der Waals surface area (Å²) in [6, 6.07) is 8.22. The van der Waals surface area contributed by atoms with Gasteiger partial charge in [0.05, 0.1) is 0 Å². The van der Waals surface area contributed by atoms with Crippen molar-refractivity contribution in [2.75, 3.05) is 17.2 Å². The number of aromatic nitrogens is 2. The summed E-state index contributed by atoms with van der Waals surface area (Å²) in [6.45, 7) is 3.42. The summed E-state index contributed by atoms with van der Waals surface area (Å²) in [5, 5.41) is 6.28. The Bertz CT molecular complexity index is 499. The van der Waals surface area contributed by atoms with Gasteiger partial charge in [0.2, 0.25) is 0 Å². The highest BCUT2D eigenvalue weighted by Crippen LogP contribution is 2.10. The molecule has 1 heterocycles. The van der Waals surface area contributed by atoms with Crippen molar-refractivity contribution >= 4 is 11.6 Å². The standard InChI is InChI=1S/C13H15FN4/c1-2-15-12-7-13(18-9-17-12)16-8-10-3-5-11(14)6-4-10/h3-7,9H,2,8H2,1H3,(H2,15,16,17,18). The SMILES string of the molecule is CCNc1cc(NCc2ccc(F)cc2)ncn1. The first kappa shape index (κ1) is 12.3. The second-order valence-corrected chi connectivity index (χ2v) is 3.80. The van der Waals surface area contributed by atoms with Crippen molar-refractivity contribution in [1.82, 2.24) is 9.97 Å². The van der Waals surface area contributed by atoms with Crippen molar-refractivity contribution in [3.05, 3.63) is 48.0 Å². The van der Waals surface area contributed by atoms with Gasteiger partial charge in [-0.15, -0.1) is 0 Å². The molecule has 1 aromatic carbocycles. The first-order valence-corrected chi connectivity index (χ1v) is 5.82. The van der Waals surface area contributed by atoms with Gasteiger partial charge in [0, 0.05) is 19.2 Å². The smallest absolute Gasteiger partial charge is 0.131 e. The molecule has 0 saturated heterocycles. The lowest BCUT2D eigenvalue weighted by Gasteiger charge is -2.07. The van der Waals surface area contributed by atoms with Crippen LogP contribution in [0, 0.1) is 5.82 Å². The lowest BCUT2D eigenvalue weighted by molar-refractivity contribution is 0.627. The van der Waals surface area contributed by atoms with Gasteiger partial charge >= 0.3 is 0 Å². The number of anilines is 2. The van der Waals surface area contributed by atoms with E-state index in [0.717, 1.165) is 23.7 Å². The summed E-state index contributed by atoms with van der Waals surface area (Å²) in [5.74, 6) is 1.30. The van der Waals surface area contributed by atoms with Gasteiger partial charge in [-0.25, -0.2) is 14.4 Å². The number of nitrogens with zero attached hydrogens (tertiary/aromatic N) is 2. The Balaban J connectivity index is 1.97. The van der Waals surface area contributed by atoms with Crippen LogP contribution >= 0.6 is 0 Å². The quantitative estimate of drug-likeness (QED) is 0.851. The summed E-state index contributed by atoms with van der Waals surface area (Å²) < 4.78 is 12.7. The van der Waals surface area contributed by atoms with E-state index in [0.29, 0.717) is 6.54 Å². The van der Waals surface area contributed by atoms with Gasteiger partial charge in [0.25, 0.3) is 0 Å². The molecule has 0 amide bonds. The zero-order valence-corrected chi connectivity index (χ0v) is 10.2. The van der Waals surface area contributed by atoms with Crippen LogP contribution < -0.4 is 10.6 Å². The molecule has 2 aromatic rings. The zero-order chi connectivity index (χ0) is 12.8. The van der Waals surface area contributed by atoms with Crippen molar-refractivity contribution < 1.29 is 4.39 Å². The molecule has 0 saturated carbocycles. The normalized spacial score (nSPS) is 10.1. The number of halogens is 1. The molecule has 18 heavy (non-hydrogen) atoms. The first-order chi connectivity index (χ1) is 8.78. The third-order valence-corrected chi connectivity index (χ3v) is 2.41. The summed E-state index contributed by atoms with van der Waals surface area (Å²) in [4.78, 5) is 8.20. The van der Waals surface area contributed by atoms with Gasteiger partial charge in [0.15, 0.2) is 0 Å². The molecule has 0 spiro atoms. The molecule has 0 bridgehead atoms. The predicted molar refractivity (Wildman–Crippen MR) is 69.9 cm³/mol. The second-order valence-electron chi connectivity index (χ2n) is 3.80. The maximum absolute atomic E-state index is 12.7. The summed E-state index contributed by atoms with van der Waals surface area (Å²) in [6.07, 6.45) is 1.50. The number of hydrogen-bond donors (Lipinski definition) is 2. The minimum atomic E-state index is -0.227. The van der Waals surface area contributed by atoms with Crippen LogP contribution in [0.3, 0.4) is 0 Å². The van der Waals surface area contributed by atoms with Crippen molar-refractivity contribution in [2.45, 2.75) is 13.5 Å². The maximum atomic E-state index is 12.7. The number of nitrogens with one attached hydrogen (secondary N) is 2. The van der Waals surface area contributed by atoms with Crippen molar-refractivity contribution in [1.29, 1.82) is 0 Å². The Morgan fingerprint density at radius 1 is 1.06 bits per heavy atom. The lowest BCUT2D eigenvalue weighted by atomic mass is 10.2. The van der Waals surface area contributed by atoms with E-state index in [2.05, 4.69) is 20.6 Å². The summed E-state index contributed by atoms with van der Waals surface area (Å²) in [7, 11) is 0. The fourth-order valence-electron chi connectivity index (χ4n) is 1.53. The Hall–Kier alpha value is -2.17. The Morgan fingerprint density at radius 2 is 1.72 bits per heavy atom. The zero-order valence-electron chi connectivity index (χ0n) is 10.2. The average molecular weight is 246 g/mol. The van der Waals surface area contributed by atoms with Crippen molar-refractivity contribution in [3.8, 4) is 0 Å². The fourth-order valence-corrected chi connectivity index (χ4v) is 1.53. The van der Waals surface area contributed by atoms with Crippen LogP contribution in [0.2, 0.25) is 0 Å². The van der Waals surface area contributed by atoms with E-state index < -0.39 is 0 Å². The molecule has 0 atom stereocenters. The first-order valence-electron chi connectivity index (χ1n) is 5.82. The number of hydrogen-bond acceptors (Lipinski definition) is 4. The predicted octanol–water partition coefficient (Wildman–Crippen LogP) is 2.66. The van der Waals surface area contributed by atoms with Gasteiger partial charge in [0.1, 0.15) is 23.8 Å². The fraction of sp³-hybridized carbons (Fsp3) is 0.231. The Labute approximate surface area is 105 Å². The molecule has 0 aliphatic heterocycles. The minimum absolute atomic E-state index is 0.227. The van der Waals surface area contributed by atoms with Crippen molar-refractivity contribution in [2.24, 2.45) is 0 Å². The van der Waals surface area contributed by atoms with E-state index in [1.807, 2.05) is 13.0 Å². The Morgan fingerprint density at radius 3 is 2.39 bits per heavy atom. The number of benzene rings is 1. The molecule has 1 aromatic heterocycles. The molecular weight excluding hydrogens is 231 g/mol. The minimum Gasteiger partial charge on any atom is -0.370 e. The molecule has 0 fully saturated rings. The molecule has 2 rings (SSSR count). The van der Waals surface area contributed by atoms with Crippen LogP contribution in [0.4, 0.5) is 16.0 Å². The van der Waals surface area contributed by atoms with E-state index in [9.17, 15) is 4.39 Å². The van der Waals surface area contributed by atoms with Crippen molar-refractivity contribution in [3.63, 3.8) is 0 Å². The molecule has 5 heteroatoms. The van der Waals surface area contributed by atoms with Gasteiger partial charge in [-0.05, 0) is 24.6 Å². The van der Waals surface area contributed by atoms with Gasteiger partial charge in [-0.3, -0.25) is 0 Å². The van der Waals surface area contributed by atoms with E-state index in [-0.39, 0.29) is 5.82 Å². The van der Waals surface area contributed by atoms with Crippen LogP contribution in [0.15, 0.2) is 36.7 Å². The van der Waals surface area contributed by atoms with Crippen LogP contribution in [-0.4, -0.2) is 16.5 Å². The molecule has 2 N–H and O–H groups in total. The van der Waals surface area contributed by atoms with Crippen LogP contribution in [0.25, 0.3) is 0 Å². The average Bonchev–Trinajstić information content (AvgIpc) is 2.39. The van der Waals surface area contributed by atoms with Crippen LogP contribution in [-0.2, 0) is 6.54 Å². The maximum Gasteiger partial charge on any atom is 0.131 e. The van der Waals surface area contributed by atoms with Crippen LogP contribution in [0.1, 0.15) is 12.5 Å². The molecular formula is C13H15FN4. The highest BCUT2D eigenvalue weighted by Gasteiger charge is 1.98. The molecule has 94 valence electrons. The van der Waals surface area contributed by atoms with E-state index in [1.54, 1.807) is 12.1 Å². The molecule has 0 aliphatic carbocycles. The highest BCUT2D eigenvalue weighted by atomic mass is 19.1. The summed E-state index contributed by atoms with van der Waals surface area (Å²) in [5.41, 5.74) is 1.00. The third-order valence-electron chi connectivity index (χ3n) is 2.41. The Kier molecular flexibility index (Phi) is 4.06. The monoisotopic (exact) mass is 246 g/mol. The molecule has 0 unspecified atom stereocenters. The third kappa shape index (κ3) is 3.41. The number of rotatable bonds is 5. The highest BCUT2D eigenvalue weighted by molar-refractivity contribution is 5.46. The lowest BCUT2D eigenvalue weighted by Crippen LogP contribution is -2.04.